The number of aliphatic hydroxyl groups excluding tert-OH is 1. The fraction of sp³-hybridized carbons (Fsp3) is 0.0588. The first-order valence-corrected chi connectivity index (χ1v) is 6.58. The van der Waals surface area contributed by atoms with E-state index in [9.17, 15) is 9.90 Å². The molecule has 0 aliphatic carbocycles. The first kappa shape index (κ1) is 13.1. The van der Waals surface area contributed by atoms with Gasteiger partial charge in [-0.2, -0.15) is 0 Å². The zero-order chi connectivity index (χ0) is 14.8. The SMILES string of the molecule is Cn1c(=O)c(C=C(O)c2ccccc2)nc2ccccc21. The Labute approximate surface area is 121 Å². The fourth-order valence-corrected chi connectivity index (χ4v) is 2.22. The molecule has 0 aliphatic rings. The number of hydrogen-bond acceptors (Lipinski definition) is 3. The van der Waals surface area contributed by atoms with Crippen molar-refractivity contribution in [2.75, 3.05) is 0 Å². The van der Waals surface area contributed by atoms with Gasteiger partial charge in [0.2, 0.25) is 0 Å². The van der Waals surface area contributed by atoms with Crippen molar-refractivity contribution in [2.24, 2.45) is 7.05 Å². The zero-order valence-electron chi connectivity index (χ0n) is 11.5. The minimum Gasteiger partial charge on any atom is -0.507 e. The lowest BCUT2D eigenvalue weighted by molar-refractivity contribution is 0.515. The topological polar surface area (TPSA) is 55.1 Å². The highest BCUT2D eigenvalue weighted by molar-refractivity contribution is 5.79. The molecule has 4 nitrogen and oxygen atoms in total. The Kier molecular flexibility index (Phi) is 3.28. The summed E-state index contributed by atoms with van der Waals surface area (Å²) in [4.78, 5) is 16.6. The Hall–Kier alpha value is -2.88. The lowest BCUT2D eigenvalue weighted by atomic mass is 10.1. The van der Waals surface area contributed by atoms with E-state index in [0.29, 0.717) is 11.1 Å². The van der Waals surface area contributed by atoms with Gasteiger partial charge in [-0.15, -0.1) is 0 Å². The second-order valence-electron chi connectivity index (χ2n) is 4.75. The number of aliphatic hydroxyl groups is 1. The lowest BCUT2D eigenvalue weighted by Gasteiger charge is -2.06. The summed E-state index contributed by atoms with van der Waals surface area (Å²) >= 11 is 0. The Morgan fingerprint density at radius 3 is 2.52 bits per heavy atom. The maximum Gasteiger partial charge on any atom is 0.276 e. The van der Waals surface area contributed by atoms with Crippen molar-refractivity contribution in [2.45, 2.75) is 0 Å². The minimum atomic E-state index is -0.240. The quantitative estimate of drug-likeness (QED) is 0.733. The molecule has 3 aromatic rings. The van der Waals surface area contributed by atoms with Crippen LogP contribution in [0.15, 0.2) is 59.4 Å². The molecule has 0 fully saturated rings. The molecule has 0 atom stereocenters. The molecule has 104 valence electrons. The van der Waals surface area contributed by atoms with Gasteiger partial charge in [0.1, 0.15) is 11.5 Å². The van der Waals surface area contributed by atoms with Crippen molar-refractivity contribution in [3.63, 3.8) is 0 Å². The van der Waals surface area contributed by atoms with Crippen LogP contribution < -0.4 is 5.56 Å². The Morgan fingerprint density at radius 1 is 1.10 bits per heavy atom. The van der Waals surface area contributed by atoms with E-state index in [-0.39, 0.29) is 17.0 Å². The van der Waals surface area contributed by atoms with E-state index in [0.717, 1.165) is 5.52 Å². The van der Waals surface area contributed by atoms with Gasteiger partial charge in [0.15, 0.2) is 0 Å². The second-order valence-corrected chi connectivity index (χ2v) is 4.75. The lowest BCUT2D eigenvalue weighted by Crippen LogP contribution is -2.21. The highest BCUT2D eigenvalue weighted by Crippen LogP contribution is 2.14. The van der Waals surface area contributed by atoms with Crippen LogP contribution in [0.2, 0.25) is 0 Å². The first-order chi connectivity index (χ1) is 10.2. The third-order valence-corrected chi connectivity index (χ3v) is 3.35. The number of rotatable bonds is 2. The number of hydrogen-bond donors (Lipinski definition) is 1. The van der Waals surface area contributed by atoms with Crippen molar-refractivity contribution >= 4 is 22.9 Å². The van der Waals surface area contributed by atoms with Gasteiger partial charge in [-0.05, 0) is 12.1 Å². The van der Waals surface area contributed by atoms with Crippen molar-refractivity contribution in [3.8, 4) is 0 Å². The summed E-state index contributed by atoms with van der Waals surface area (Å²) in [6, 6.07) is 16.5. The summed E-state index contributed by atoms with van der Waals surface area (Å²) in [5.74, 6) is 0.0236. The van der Waals surface area contributed by atoms with Crippen molar-refractivity contribution in [1.29, 1.82) is 0 Å². The van der Waals surface area contributed by atoms with Gasteiger partial charge in [-0.25, -0.2) is 4.98 Å². The summed E-state index contributed by atoms with van der Waals surface area (Å²) in [6.07, 6.45) is 1.41. The van der Waals surface area contributed by atoms with Gasteiger partial charge in [0.05, 0.1) is 11.0 Å². The number of benzene rings is 2. The molecular weight excluding hydrogens is 264 g/mol. The van der Waals surface area contributed by atoms with Crippen LogP contribution in [0.5, 0.6) is 0 Å². The van der Waals surface area contributed by atoms with Crippen molar-refractivity contribution < 1.29 is 5.11 Å². The van der Waals surface area contributed by atoms with Crippen LogP contribution in [-0.4, -0.2) is 14.7 Å². The molecule has 0 unspecified atom stereocenters. The van der Waals surface area contributed by atoms with Gasteiger partial charge in [0, 0.05) is 18.7 Å². The van der Waals surface area contributed by atoms with E-state index in [1.54, 1.807) is 19.2 Å². The molecule has 4 heteroatoms. The largest absolute Gasteiger partial charge is 0.507 e. The van der Waals surface area contributed by atoms with Crippen molar-refractivity contribution in [3.05, 3.63) is 76.2 Å². The normalized spacial score (nSPS) is 11.8. The maximum absolute atomic E-state index is 12.3. The van der Waals surface area contributed by atoms with Crippen LogP contribution in [0.4, 0.5) is 0 Å². The number of nitrogens with zero attached hydrogens (tertiary/aromatic N) is 2. The molecule has 0 amide bonds. The Balaban J connectivity index is 2.17. The van der Waals surface area contributed by atoms with E-state index >= 15 is 0 Å². The van der Waals surface area contributed by atoms with Crippen LogP contribution in [-0.2, 0) is 7.05 Å². The van der Waals surface area contributed by atoms with Crippen LogP contribution in [0, 0.1) is 0 Å². The molecule has 0 radical (unpaired) electrons. The Bertz CT molecular complexity index is 880. The van der Waals surface area contributed by atoms with Gasteiger partial charge in [-0.3, -0.25) is 4.79 Å². The number of aromatic nitrogens is 2. The van der Waals surface area contributed by atoms with Crippen LogP contribution >= 0.6 is 0 Å². The summed E-state index contributed by atoms with van der Waals surface area (Å²) in [5, 5.41) is 10.1. The van der Waals surface area contributed by atoms with E-state index in [4.69, 9.17) is 0 Å². The van der Waals surface area contributed by atoms with Crippen molar-refractivity contribution in [1.82, 2.24) is 9.55 Å². The van der Waals surface area contributed by atoms with Crippen LogP contribution in [0.1, 0.15) is 11.3 Å². The summed E-state index contributed by atoms with van der Waals surface area (Å²) < 4.78 is 1.53. The summed E-state index contributed by atoms with van der Waals surface area (Å²) in [5.41, 5.74) is 2.11. The molecular formula is C17H14N2O2. The van der Waals surface area contributed by atoms with E-state index < -0.39 is 0 Å². The average Bonchev–Trinajstić information content (AvgIpc) is 2.53. The third-order valence-electron chi connectivity index (χ3n) is 3.35. The average molecular weight is 278 g/mol. The van der Waals surface area contributed by atoms with E-state index in [1.165, 1.54) is 10.6 Å². The van der Waals surface area contributed by atoms with E-state index in [2.05, 4.69) is 4.98 Å². The molecule has 1 aromatic heterocycles. The molecule has 3 rings (SSSR count). The Morgan fingerprint density at radius 2 is 1.76 bits per heavy atom. The number of aryl methyl sites for hydroxylation is 1. The molecule has 1 N–H and O–H groups in total. The maximum atomic E-state index is 12.3. The standard InChI is InChI=1S/C17H14N2O2/c1-19-15-10-6-5-9-13(15)18-14(17(19)21)11-16(20)12-7-3-2-4-8-12/h2-11,20H,1H3. The predicted molar refractivity (Wildman–Crippen MR) is 83.9 cm³/mol. The molecule has 1 heterocycles. The number of fused-ring (bicyclic) bond motifs is 1. The predicted octanol–water partition coefficient (Wildman–Crippen LogP) is 2.99. The highest BCUT2D eigenvalue weighted by Gasteiger charge is 2.08. The van der Waals surface area contributed by atoms with Crippen LogP contribution in [0.3, 0.4) is 0 Å². The number of para-hydroxylation sites is 2. The molecule has 0 saturated carbocycles. The smallest absolute Gasteiger partial charge is 0.276 e. The van der Waals surface area contributed by atoms with Gasteiger partial charge in [-0.1, -0.05) is 42.5 Å². The summed E-state index contributed by atoms with van der Waals surface area (Å²) in [6.45, 7) is 0. The second kappa shape index (κ2) is 5.25. The molecule has 21 heavy (non-hydrogen) atoms. The van der Waals surface area contributed by atoms with Gasteiger partial charge >= 0.3 is 0 Å². The van der Waals surface area contributed by atoms with Gasteiger partial charge < -0.3 is 9.67 Å². The molecule has 0 saturated heterocycles. The monoisotopic (exact) mass is 278 g/mol. The first-order valence-electron chi connectivity index (χ1n) is 6.58. The molecule has 2 aromatic carbocycles. The van der Waals surface area contributed by atoms with Gasteiger partial charge in [0.25, 0.3) is 5.56 Å². The van der Waals surface area contributed by atoms with Crippen LogP contribution in [0.25, 0.3) is 22.9 Å². The van der Waals surface area contributed by atoms with E-state index in [1.807, 2.05) is 42.5 Å². The molecule has 0 aliphatic heterocycles. The highest BCUT2D eigenvalue weighted by atomic mass is 16.3. The fourth-order valence-electron chi connectivity index (χ4n) is 2.22. The molecule has 0 spiro atoms. The third kappa shape index (κ3) is 2.43. The minimum absolute atomic E-state index is 0.0236. The summed E-state index contributed by atoms with van der Waals surface area (Å²) in [7, 11) is 1.70. The zero-order valence-corrected chi connectivity index (χ0v) is 11.5. The molecule has 0 bridgehead atoms.